The molecule has 0 bridgehead atoms. The molecule has 25 heavy (non-hydrogen) atoms. The smallest absolute Gasteiger partial charge is 0.395 e. The largest absolute Gasteiger partial charge is 0.588 e. The number of halogens is 3. The lowest BCUT2D eigenvalue weighted by molar-refractivity contribution is 0.125. The molecule has 0 radical (unpaired) electrons. The lowest BCUT2D eigenvalue weighted by Gasteiger charge is -2.34. The first-order valence-electron chi connectivity index (χ1n) is 7.49. The van der Waals surface area contributed by atoms with E-state index in [0.717, 1.165) is 16.7 Å². The quantitative estimate of drug-likeness (QED) is 0.404. The first-order chi connectivity index (χ1) is 11.6. The molecule has 2 atom stereocenters. The van der Waals surface area contributed by atoms with Crippen LogP contribution in [0.5, 0.6) is 11.5 Å². The Morgan fingerprint density at radius 3 is 2.32 bits per heavy atom. The minimum atomic E-state index is -4.04. The van der Waals surface area contributed by atoms with Crippen molar-refractivity contribution < 1.29 is 18.1 Å². The van der Waals surface area contributed by atoms with Gasteiger partial charge in [-0.05, 0) is 49.6 Å². The number of benzene rings is 2. The van der Waals surface area contributed by atoms with E-state index in [1.54, 1.807) is 37.3 Å². The molecule has 2 aromatic carbocycles. The van der Waals surface area contributed by atoms with Gasteiger partial charge in [0.05, 0.1) is 0 Å². The van der Waals surface area contributed by atoms with Crippen LogP contribution in [0.25, 0.3) is 0 Å². The van der Waals surface area contributed by atoms with Gasteiger partial charge in [-0.15, -0.1) is 0 Å². The fourth-order valence-electron chi connectivity index (χ4n) is 2.72. The van der Waals surface area contributed by atoms with E-state index in [2.05, 4.69) is 0 Å². The lowest BCUT2D eigenvalue weighted by Crippen LogP contribution is -2.26. The molecule has 0 N–H and O–H groups in total. The third kappa shape index (κ3) is 4.10. The molecule has 8 heteroatoms. The zero-order valence-corrected chi connectivity index (χ0v) is 16.9. The Morgan fingerprint density at radius 2 is 1.72 bits per heavy atom. The Morgan fingerprint density at radius 1 is 1.08 bits per heavy atom. The number of alkyl halides is 3. The Hall–Kier alpha value is -0.900. The first-order valence-corrected chi connectivity index (χ1v) is 10.1. The molecule has 0 aliphatic carbocycles. The van der Waals surface area contributed by atoms with Crippen molar-refractivity contribution in [2.45, 2.75) is 30.7 Å². The van der Waals surface area contributed by atoms with E-state index in [4.69, 9.17) is 48.4 Å². The van der Waals surface area contributed by atoms with Crippen molar-refractivity contribution in [2.75, 3.05) is 0 Å². The van der Waals surface area contributed by atoms with Gasteiger partial charge in [0.15, 0.2) is 0 Å². The normalized spacial score (nSPS) is 22.9. The number of phosphoric acid groups is 1. The maximum atomic E-state index is 13.2. The monoisotopic (exact) mass is 420 g/mol. The van der Waals surface area contributed by atoms with Gasteiger partial charge in [0, 0.05) is 5.56 Å². The molecule has 1 aliphatic heterocycles. The highest BCUT2D eigenvalue weighted by molar-refractivity contribution is 7.49. The zero-order chi connectivity index (χ0) is 18.4. The van der Waals surface area contributed by atoms with Crippen molar-refractivity contribution in [3.8, 4) is 11.5 Å². The van der Waals surface area contributed by atoms with Gasteiger partial charge >= 0.3 is 7.82 Å². The van der Waals surface area contributed by atoms with Crippen molar-refractivity contribution in [3.63, 3.8) is 0 Å². The summed E-state index contributed by atoms with van der Waals surface area (Å²) in [6.07, 6.45) is -1.09. The summed E-state index contributed by atoms with van der Waals surface area (Å²) in [5.41, 5.74) is 3.15. The molecule has 1 heterocycles. The number of rotatable bonds is 2. The summed E-state index contributed by atoms with van der Waals surface area (Å²) in [6, 6.07) is 10.7. The molecule has 2 unspecified atom stereocenters. The number of hydrogen-bond acceptors (Lipinski definition) is 4. The van der Waals surface area contributed by atoms with Gasteiger partial charge in [-0.3, -0.25) is 4.52 Å². The third-order valence-corrected chi connectivity index (χ3v) is 5.58. The highest BCUT2D eigenvalue weighted by Gasteiger charge is 2.49. The number of fused-ring (bicyclic) bond motifs is 1. The average Bonchev–Trinajstić information content (AvgIpc) is 2.45. The summed E-state index contributed by atoms with van der Waals surface area (Å²) in [5.74, 6) is 0.707. The van der Waals surface area contributed by atoms with E-state index in [1.807, 2.05) is 19.9 Å². The molecule has 0 spiro atoms. The van der Waals surface area contributed by atoms with Crippen molar-refractivity contribution in [1.29, 1.82) is 0 Å². The van der Waals surface area contributed by atoms with Gasteiger partial charge in [0.25, 0.3) is 0 Å². The second kappa shape index (κ2) is 6.68. The van der Waals surface area contributed by atoms with Crippen LogP contribution in [0, 0.1) is 20.8 Å². The topological polar surface area (TPSA) is 44.8 Å². The SMILES string of the molecule is Cc1cc(C)cc(OP2(=O)Oc3c(C)cccc3C(C(Cl)(Cl)Cl)O2)c1. The molecule has 0 aromatic heterocycles. The van der Waals surface area contributed by atoms with Crippen molar-refractivity contribution in [2.24, 2.45) is 0 Å². The molecule has 1 aliphatic rings. The van der Waals surface area contributed by atoms with Crippen LogP contribution in [0.1, 0.15) is 28.4 Å². The molecule has 3 rings (SSSR count). The molecule has 134 valence electrons. The van der Waals surface area contributed by atoms with Crippen LogP contribution in [-0.4, -0.2) is 3.79 Å². The molecule has 4 nitrogen and oxygen atoms in total. The van der Waals surface area contributed by atoms with Crippen molar-refractivity contribution >= 4 is 42.6 Å². The molecule has 2 aromatic rings. The molecule has 0 amide bonds. The van der Waals surface area contributed by atoms with Gasteiger partial charge in [-0.1, -0.05) is 59.1 Å². The second-order valence-corrected chi connectivity index (χ2v) is 9.81. The molecule has 0 saturated heterocycles. The first kappa shape index (κ1) is 18.9. The van der Waals surface area contributed by atoms with E-state index in [9.17, 15) is 4.57 Å². The Kier molecular flexibility index (Phi) is 5.04. The molecular weight excluding hydrogens is 406 g/mol. The van der Waals surface area contributed by atoms with Crippen LogP contribution in [0.4, 0.5) is 0 Å². The van der Waals surface area contributed by atoms with E-state index in [1.165, 1.54) is 0 Å². The minimum absolute atomic E-state index is 0.345. The summed E-state index contributed by atoms with van der Waals surface area (Å²) < 4.78 is 28.0. The standard InChI is InChI=1S/C17H16Cl3O4P/c1-10-7-11(2)9-13(8-10)22-25(21)23-15-12(3)5-4-6-14(15)16(24-25)17(18,19)20/h4-9,16H,1-3H3. The second-order valence-electron chi connectivity index (χ2n) is 5.97. The Labute approximate surface area is 161 Å². The summed E-state index contributed by atoms with van der Waals surface area (Å²) in [5, 5.41) is 0. The summed E-state index contributed by atoms with van der Waals surface area (Å²) >= 11 is 18.1. The summed E-state index contributed by atoms with van der Waals surface area (Å²) in [6.45, 7) is 5.62. The average molecular weight is 422 g/mol. The number of hydrogen-bond donors (Lipinski definition) is 0. The fourth-order valence-corrected chi connectivity index (χ4v) is 4.88. The van der Waals surface area contributed by atoms with Gasteiger partial charge < -0.3 is 9.05 Å². The summed E-state index contributed by atoms with van der Waals surface area (Å²) in [4.78, 5) is 0. The molecule has 0 fully saturated rings. The lowest BCUT2D eigenvalue weighted by atomic mass is 10.1. The van der Waals surface area contributed by atoms with E-state index in [-0.39, 0.29) is 0 Å². The zero-order valence-electron chi connectivity index (χ0n) is 13.8. The summed E-state index contributed by atoms with van der Waals surface area (Å²) in [7, 11) is -4.04. The van der Waals surface area contributed by atoms with Crippen molar-refractivity contribution in [1.82, 2.24) is 0 Å². The maximum Gasteiger partial charge on any atom is 0.588 e. The van der Waals surface area contributed by atoms with Crippen LogP contribution in [0.2, 0.25) is 0 Å². The Balaban J connectivity index is 2.03. The van der Waals surface area contributed by atoms with E-state index >= 15 is 0 Å². The Bertz CT molecular complexity index is 843. The van der Waals surface area contributed by atoms with Gasteiger partial charge in [0.2, 0.25) is 3.79 Å². The van der Waals surface area contributed by atoms with Crippen LogP contribution >= 0.6 is 42.6 Å². The van der Waals surface area contributed by atoms with Gasteiger partial charge in [-0.25, -0.2) is 4.57 Å². The van der Waals surface area contributed by atoms with Crippen molar-refractivity contribution in [3.05, 3.63) is 58.7 Å². The highest BCUT2D eigenvalue weighted by Crippen LogP contribution is 2.63. The molecular formula is C17H16Cl3O4P. The number of aryl methyl sites for hydroxylation is 3. The van der Waals surface area contributed by atoms with Gasteiger partial charge in [-0.2, -0.15) is 0 Å². The molecule has 0 saturated carbocycles. The van der Waals surface area contributed by atoms with Crippen LogP contribution in [-0.2, 0) is 9.09 Å². The third-order valence-electron chi connectivity index (χ3n) is 3.67. The fraction of sp³-hybridized carbons (Fsp3) is 0.294. The van der Waals surface area contributed by atoms with E-state index < -0.39 is 17.7 Å². The maximum absolute atomic E-state index is 13.2. The van der Waals surface area contributed by atoms with E-state index in [0.29, 0.717) is 17.1 Å². The predicted octanol–water partition coefficient (Wildman–Crippen LogP) is 6.62. The minimum Gasteiger partial charge on any atom is -0.395 e. The number of phosphoric ester groups is 1. The predicted molar refractivity (Wildman–Crippen MR) is 100 cm³/mol. The van der Waals surface area contributed by atoms with Crippen LogP contribution in [0.15, 0.2) is 36.4 Å². The van der Waals surface area contributed by atoms with Gasteiger partial charge in [0.1, 0.15) is 17.6 Å². The highest BCUT2D eigenvalue weighted by atomic mass is 35.6. The number of para-hydroxylation sites is 1. The van der Waals surface area contributed by atoms with Crippen LogP contribution < -0.4 is 9.05 Å². The van der Waals surface area contributed by atoms with Crippen LogP contribution in [0.3, 0.4) is 0 Å².